The molecule has 0 spiro atoms. The second kappa shape index (κ2) is 6.32. The Labute approximate surface area is 135 Å². The van der Waals surface area contributed by atoms with Gasteiger partial charge in [0.25, 0.3) is 0 Å². The molecule has 0 bridgehead atoms. The average Bonchev–Trinajstić information content (AvgIpc) is 3.02. The monoisotopic (exact) mass is 303 g/mol. The Morgan fingerprint density at radius 3 is 2.65 bits per heavy atom. The minimum absolute atomic E-state index is 0.582. The molecule has 0 aliphatic heterocycles. The van der Waals surface area contributed by atoms with Gasteiger partial charge >= 0.3 is 0 Å². The van der Waals surface area contributed by atoms with Gasteiger partial charge in [-0.15, -0.1) is 0 Å². The third kappa shape index (κ3) is 3.38. The van der Waals surface area contributed by atoms with Gasteiger partial charge in [0.1, 0.15) is 6.07 Å². The zero-order valence-corrected chi connectivity index (χ0v) is 13.1. The molecule has 23 heavy (non-hydrogen) atoms. The lowest BCUT2D eigenvalue weighted by Gasteiger charge is -2.11. The van der Waals surface area contributed by atoms with Gasteiger partial charge in [0.05, 0.1) is 23.3 Å². The lowest BCUT2D eigenvalue weighted by Crippen LogP contribution is -2.00. The van der Waals surface area contributed by atoms with E-state index in [0.29, 0.717) is 5.56 Å². The molecule has 0 amide bonds. The van der Waals surface area contributed by atoms with Gasteiger partial charge in [0.2, 0.25) is 0 Å². The molecule has 0 aliphatic rings. The van der Waals surface area contributed by atoms with E-state index in [4.69, 9.17) is 0 Å². The minimum atomic E-state index is 0.582. The van der Waals surface area contributed by atoms with Crippen molar-refractivity contribution in [1.29, 1.82) is 5.26 Å². The van der Waals surface area contributed by atoms with Crippen LogP contribution in [0.4, 0.5) is 11.4 Å². The Bertz CT molecular complexity index is 842. The van der Waals surface area contributed by atoms with Crippen LogP contribution in [-0.4, -0.2) is 14.5 Å². The third-order valence-electron chi connectivity index (χ3n) is 3.60. The first-order chi connectivity index (χ1) is 11.2. The fourth-order valence-electron chi connectivity index (χ4n) is 2.51. The van der Waals surface area contributed by atoms with E-state index in [9.17, 15) is 5.26 Å². The first kappa shape index (κ1) is 14.8. The van der Waals surface area contributed by atoms with Gasteiger partial charge in [-0.1, -0.05) is 12.1 Å². The van der Waals surface area contributed by atoms with Crippen LogP contribution in [0.2, 0.25) is 0 Å². The molecule has 0 saturated carbocycles. The van der Waals surface area contributed by atoms with Crippen molar-refractivity contribution in [1.82, 2.24) is 14.5 Å². The number of nitrogens with one attached hydrogen (secondary N) is 1. The van der Waals surface area contributed by atoms with Gasteiger partial charge in [-0.2, -0.15) is 5.26 Å². The molecule has 3 aromatic rings. The van der Waals surface area contributed by atoms with Gasteiger partial charge in [-0.25, -0.2) is 4.98 Å². The normalized spacial score (nSPS) is 10.3. The Morgan fingerprint density at radius 2 is 2.00 bits per heavy atom. The zero-order valence-electron chi connectivity index (χ0n) is 13.1. The Balaban J connectivity index is 1.80. The standard InChI is InChI=1S/C18H17N5/c1-13-9-18(17(10-19)14(2)21-13)22-16-5-3-15(4-6-16)11-23-8-7-20-12-23/h3-9,12H,11H2,1-2H3,(H,21,22). The van der Waals surface area contributed by atoms with E-state index in [-0.39, 0.29) is 0 Å². The van der Waals surface area contributed by atoms with Gasteiger partial charge in [0, 0.05) is 30.3 Å². The predicted molar refractivity (Wildman–Crippen MR) is 89.5 cm³/mol. The molecule has 0 aliphatic carbocycles. The molecule has 0 unspecified atom stereocenters. The highest BCUT2D eigenvalue weighted by Gasteiger charge is 2.08. The highest BCUT2D eigenvalue weighted by molar-refractivity contribution is 5.67. The van der Waals surface area contributed by atoms with Crippen molar-refractivity contribution in [2.45, 2.75) is 20.4 Å². The van der Waals surface area contributed by atoms with Crippen LogP contribution < -0.4 is 5.32 Å². The summed E-state index contributed by atoms with van der Waals surface area (Å²) in [5, 5.41) is 12.6. The number of benzene rings is 1. The van der Waals surface area contributed by atoms with E-state index in [0.717, 1.165) is 29.3 Å². The van der Waals surface area contributed by atoms with E-state index in [1.807, 2.05) is 42.8 Å². The van der Waals surface area contributed by atoms with E-state index >= 15 is 0 Å². The minimum Gasteiger partial charge on any atom is -0.354 e. The summed E-state index contributed by atoms with van der Waals surface area (Å²) in [7, 11) is 0. The van der Waals surface area contributed by atoms with Crippen LogP contribution in [0.25, 0.3) is 0 Å². The maximum atomic E-state index is 9.32. The van der Waals surface area contributed by atoms with Crippen LogP contribution in [-0.2, 0) is 6.54 Å². The summed E-state index contributed by atoms with van der Waals surface area (Å²) in [5.74, 6) is 0. The Morgan fingerprint density at radius 1 is 1.22 bits per heavy atom. The van der Waals surface area contributed by atoms with Crippen molar-refractivity contribution in [3.8, 4) is 6.07 Å². The van der Waals surface area contributed by atoms with E-state index in [2.05, 4.69) is 33.5 Å². The SMILES string of the molecule is Cc1cc(Nc2ccc(Cn3ccnc3)cc2)c(C#N)c(C)n1. The second-order valence-electron chi connectivity index (χ2n) is 5.44. The molecule has 0 saturated heterocycles. The molecule has 114 valence electrons. The number of nitrogens with zero attached hydrogens (tertiary/aromatic N) is 4. The fourth-order valence-corrected chi connectivity index (χ4v) is 2.51. The van der Waals surface area contributed by atoms with Gasteiger partial charge in [0.15, 0.2) is 0 Å². The molecule has 5 heteroatoms. The quantitative estimate of drug-likeness (QED) is 0.800. The molecular weight excluding hydrogens is 286 g/mol. The first-order valence-electron chi connectivity index (χ1n) is 7.36. The summed E-state index contributed by atoms with van der Waals surface area (Å²) >= 11 is 0. The summed E-state index contributed by atoms with van der Waals surface area (Å²) in [6.07, 6.45) is 5.51. The maximum absolute atomic E-state index is 9.32. The molecule has 5 nitrogen and oxygen atoms in total. The number of aryl methyl sites for hydroxylation is 2. The molecule has 0 atom stereocenters. The third-order valence-corrected chi connectivity index (χ3v) is 3.60. The van der Waals surface area contributed by atoms with Crippen LogP contribution in [0, 0.1) is 25.2 Å². The molecule has 2 heterocycles. The summed E-state index contributed by atoms with van der Waals surface area (Å²) in [5.41, 5.74) is 5.14. The molecular formula is C18H17N5. The van der Waals surface area contributed by atoms with Crippen molar-refractivity contribution in [3.63, 3.8) is 0 Å². The number of hydrogen-bond acceptors (Lipinski definition) is 4. The van der Waals surface area contributed by atoms with Gasteiger partial charge in [-0.05, 0) is 37.6 Å². The highest BCUT2D eigenvalue weighted by atomic mass is 15.0. The van der Waals surface area contributed by atoms with E-state index in [1.165, 1.54) is 5.56 Å². The first-order valence-corrected chi connectivity index (χ1v) is 7.36. The summed E-state index contributed by atoms with van der Waals surface area (Å²) in [6.45, 7) is 4.57. The average molecular weight is 303 g/mol. The van der Waals surface area contributed by atoms with Crippen molar-refractivity contribution in [2.75, 3.05) is 5.32 Å². The summed E-state index contributed by atoms with van der Waals surface area (Å²) < 4.78 is 2.02. The number of anilines is 2. The second-order valence-corrected chi connectivity index (χ2v) is 5.44. The Hall–Kier alpha value is -3.13. The maximum Gasteiger partial charge on any atom is 0.103 e. The molecule has 2 aromatic heterocycles. The highest BCUT2D eigenvalue weighted by Crippen LogP contribution is 2.23. The van der Waals surface area contributed by atoms with E-state index in [1.54, 1.807) is 12.5 Å². The fraction of sp³-hybridized carbons (Fsp3) is 0.167. The van der Waals surface area contributed by atoms with Crippen molar-refractivity contribution >= 4 is 11.4 Å². The van der Waals surface area contributed by atoms with Gasteiger partial charge in [-0.3, -0.25) is 4.98 Å². The summed E-state index contributed by atoms with van der Waals surface area (Å²) in [4.78, 5) is 8.37. The van der Waals surface area contributed by atoms with Crippen LogP contribution in [0.15, 0.2) is 49.1 Å². The molecule has 1 N–H and O–H groups in total. The molecule has 1 aromatic carbocycles. The molecule has 0 radical (unpaired) electrons. The van der Waals surface area contributed by atoms with Crippen LogP contribution in [0.5, 0.6) is 0 Å². The summed E-state index contributed by atoms with van der Waals surface area (Å²) in [6, 6.07) is 12.3. The number of rotatable bonds is 4. The smallest absolute Gasteiger partial charge is 0.103 e. The van der Waals surface area contributed by atoms with Crippen molar-refractivity contribution in [2.24, 2.45) is 0 Å². The Kier molecular flexibility index (Phi) is 4.07. The lowest BCUT2D eigenvalue weighted by atomic mass is 10.1. The molecule has 0 fully saturated rings. The topological polar surface area (TPSA) is 66.5 Å². The number of aromatic nitrogens is 3. The predicted octanol–water partition coefficient (Wildman–Crippen LogP) is 3.56. The van der Waals surface area contributed by atoms with Crippen molar-refractivity contribution in [3.05, 3.63) is 71.6 Å². The zero-order chi connectivity index (χ0) is 16.2. The van der Waals surface area contributed by atoms with Crippen LogP contribution in [0.1, 0.15) is 22.5 Å². The van der Waals surface area contributed by atoms with Gasteiger partial charge < -0.3 is 9.88 Å². The van der Waals surface area contributed by atoms with E-state index < -0.39 is 0 Å². The number of pyridine rings is 1. The van der Waals surface area contributed by atoms with Crippen LogP contribution in [0.3, 0.4) is 0 Å². The largest absolute Gasteiger partial charge is 0.354 e. The molecule has 3 rings (SSSR count). The van der Waals surface area contributed by atoms with Crippen molar-refractivity contribution < 1.29 is 0 Å². The lowest BCUT2D eigenvalue weighted by molar-refractivity contribution is 0.797. The number of nitriles is 1. The number of hydrogen-bond donors (Lipinski definition) is 1. The van der Waals surface area contributed by atoms with Crippen LogP contribution >= 0.6 is 0 Å². The number of imidazole rings is 1.